The SMILES string of the molecule is CCc1[nH]c(=O)[nH]c1C(=O)c1ccncc1. The zero-order chi connectivity index (χ0) is 11.5. The standard InChI is InChI=1S/C11H11N3O2/c1-2-8-9(14-11(16)13-8)10(15)7-3-5-12-6-4-7/h3-6H,2H2,1H3,(H2,13,14,16). The number of imidazole rings is 1. The molecule has 0 aliphatic heterocycles. The molecule has 82 valence electrons. The molecule has 0 unspecified atom stereocenters. The van der Waals surface area contributed by atoms with Crippen molar-refractivity contribution in [3.63, 3.8) is 0 Å². The molecule has 0 atom stereocenters. The summed E-state index contributed by atoms with van der Waals surface area (Å²) in [6.45, 7) is 1.88. The Hall–Kier alpha value is -2.17. The Bertz CT molecular complexity index is 554. The number of aromatic amines is 2. The Balaban J connectivity index is 2.45. The number of hydrogen-bond acceptors (Lipinski definition) is 3. The van der Waals surface area contributed by atoms with Crippen molar-refractivity contribution >= 4 is 5.78 Å². The van der Waals surface area contributed by atoms with E-state index in [1.807, 2.05) is 6.92 Å². The van der Waals surface area contributed by atoms with E-state index in [0.29, 0.717) is 23.4 Å². The first kappa shape index (κ1) is 10.4. The minimum atomic E-state index is -0.353. The van der Waals surface area contributed by atoms with Gasteiger partial charge in [-0.05, 0) is 18.6 Å². The lowest BCUT2D eigenvalue weighted by Gasteiger charge is -1.99. The van der Waals surface area contributed by atoms with Gasteiger partial charge in [0.2, 0.25) is 5.78 Å². The predicted octanol–water partition coefficient (Wildman–Crippen LogP) is 0.891. The van der Waals surface area contributed by atoms with Gasteiger partial charge >= 0.3 is 5.69 Å². The van der Waals surface area contributed by atoms with Gasteiger partial charge in [0.05, 0.1) is 0 Å². The number of ketones is 1. The molecule has 2 N–H and O–H groups in total. The second-order valence-corrected chi connectivity index (χ2v) is 3.35. The summed E-state index contributed by atoms with van der Waals surface area (Å²) in [4.78, 5) is 32.1. The number of aryl methyl sites for hydroxylation is 1. The lowest BCUT2D eigenvalue weighted by molar-refractivity contribution is 0.103. The highest BCUT2D eigenvalue weighted by Gasteiger charge is 2.15. The Morgan fingerprint density at radius 2 is 2.00 bits per heavy atom. The summed E-state index contributed by atoms with van der Waals surface area (Å²) in [5.74, 6) is -0.197. The van der Waals surface area contributed by atoms with Gasteiger partial charge in [-0.3, -0.25) is 9.78 Å². The molecule has 5 heteroatoms. The average Bonchev–Trinajstić information content (AvgIpc) is 2.70. The summed E-state index contributed by atoms with van der Waals surface area (Å²) in [6.07, 6.45) is 3.69. The van der Waals surface area contributed by atoms with Gasteiger partial charge in [0.1, 0.15) is 5.69 Å². The molecule has 0 spiro atoms. The van der Waals surface area contributed by atoms with Crippen LogP contribution in [0.4, 0.5) is 0 Å². The Morgan fingerprint density at radius 3 is 2.62 bits per heavy atom. The summed E-state index contributed by atoms with van der Waals surface area (Å²) in [6, 6.07) is 3.24. The molecule has 0 aliphatic rings. The van der Waals surface area contributed by atoms with E-state index >= 15 is 0 Å². The maximum absolute atomic E-state index is 12.0. The summed E-state index contributed by atoms with van der Waals surface area (Å²) in [7, 11) is 0. The van der Waals surface area contributed by atoms with Gasteiger partial charge in [-0.15, -0.1) is 0 Å². The summed E-state index contributed by atoms with van der Waals surface area (Å²) < 4.78 is 0. The van der Waals surface area contributed by atoms with Crippen LogP contribution in [-0.4, -0.2) is 20.7 Å². The molecule has 2 rings (SSSR count). The second kappa shape index (κ2) is 4.14. The zero-order valence-electron chi connectivity index (χ0n) is 8.78. The lowest BCUT2D eigenvalue weighted by atomic mass is 10.1. The van der Waals surface area contributed by atoms with Gasteiger partial charge in [-0.1, -0.05) is 6.92 Å². The van der Waals surface area contributed by atoms with Crippen LogP contribution in [0, 0.1) is 0 Å². The summed E-state index contributed by atoms with van der Waals surface area (Å²) in [5.41, 5.74) is 1.12. The number of H-pyrrole nitrogens is 2. The molecule has 2 heterocycles. The largest absolute Gasteiger partial charge is 0.323 e. The number of pyridine rings is 1. The number of nitrogens with one attached hydrogen (secondary N) is 2. The van der Waals surface area contributed by atoms with E-state index < -0.39 is 0 Å². The fraction of sp³-hybridized carbons (Fsp3) is 0.182. The first-order valence-corrected chi connectivity index (χ1v) is 4.98. The third-order valence-electron chi connectivity index (χ3n) is 2.33. The molecular formula is C11H11N3O2. The fourth-order valence-corrected chi connectivity index (χ4v) is 1.53. The van der Waals surface area contributed by atoms with Crippen LogP contribution in [0.2, 0.25) is 0 Å². The molecule has 0 saturated carbocycles. The lowest BCUT2D eigenvalue weighted by Crippen LogP contribution is -2.07. The molecule has 0 fully saturated rings. The molecule has 0 bridgehead atoms. The van der Waals surface area contributed by atoms with E-state index in [2.05, 4.69) is 15.0 Å². The van der Waals surface area contributed by atoms with Crippen molar-refractivity contribution in [2.75, 3.05) is 0 Å². The van der Waals surface area contributed by atoms with Gasteiger partial charge in [-0.25, -0.2) is 4.79 Å². The monoisotopic (exact) mass is 217 g/mol. The number of nitrogens with zero attached hydrogens (tertiary/aromatic N) is 1. The minimum Gasteiger partial charge on any atom is -0.309 e. The molecule has 0 saturated heterocycles. The van der Waals surface area contributed by atoms with Crippen molar-refractivity contribution in [3.05, 3.63) is 52.0 Å². The molecule has 0 radical (unpaired) electrons. The minimum absolute atomic E-state index is 0.197. The Kier molecular flexibility index (Phi) is 2.68. The van der Waals surface area contributed by atoms with Crippen molar-refractivity contribution in [2.24, 2.45) is 0 Å². The molecular weight excluding hydrogens is 206 g/mol. The van der Waals surface area contributed by atoms with Crippen LogP contribution in [0.25, 0.3) is 0 Å². The highest BCUT2D eigenvalue weighted by Crippen LogP contribution is 2.09. The van der Waals surface area contributed by atoms with Crippen LogP contribution < -0.4 is 5.69 Å². The van der Waals surface area contributed by atoms with Gasteiger partial charge in [-0.2, -0.15) is 0 Å². The van der Waals surface area contributed by atoms with E-state index in [1.54, 1.807) is 24.5 Å². The van der Waals surface area contributed by atoms with Gasteiger partial charge in [0, 0.05) is 23.7 Å². The molecule has 5 nitrogen and oxygen atoms in total. The third-order valence-corrected chi connectivity index (χ3v) is 2.33. The van der Waals surface area contributed by atoms with E-state index in [4.69, 9.17) is 0 Å². The Labute approximate surface area is 91.6 Å². The number of carbonyl (C=O) groups excluding carboxylic acids is 1. The van der Waals surface area contributed by atoms with Crippen LogP contribution in [0.1, 0.15) is 28.7 Å². The topological polar surface area (TPSA) is 78.6 Å². The molecule has 2 aromatic heterocycles. The van der Waals surface area contributed by atoms with Crippen molar-refractivity contribution < 1.29 is 4.79 Å². The van der Waals surface area contributed by atoms with E-state index in [1.165, 1.54) is 0 Å². The van der Waals surface area contributed by atoms with Gasteiger partial charge in [0.25, 0.3) is 0 Å². The summed E-state index contributed by atoms with van der Waals surface area (Å²) in [5, 5.41) is 0. The van der Waals surface area contributed by atoms with Crippen LogP contribution in [0.15, 0.2) is 29.3 Å². The van der Waals surface area contributed by atoms with Crippen molar-refractivity contribution in [3.8, 4) is 0 Å². The summed E-state index contributed by atoms with van der Waals surface area (Å²) >= 11 is 0. The molecule has 0 amide bonds. The smallest absolute Gasteiger partial charge is 0.309 e. The van der Waals surface area contributed by atoms with Crippen molar-refractivity contribution in [1.29, 1.82) is 0 Å². The first-order chi connectivity index (χ1) is 7.72. The quantitative estimate of drug-likeness (QED) is 0.749. The normalized spacial score (nSPS) is 10.3. The van der Waals surface area contributed by atoms with Gasteiger partial charge in [0.15, 0.2) is 0 Å². The second-order valence-electron chi connectivity index (χ2n) is 3.35. The van der Waals surface area contributed by atoms with Gasteiger partial charge < -0.3 is 9.97 Å². The average molecular weight is 217 g/mol. The van der Waals surface area contributed by atoms with Crippen LogP contribution in [0.5, 0.6) is 0 Å². The molecule has 16 heavy (non-hydrogen) atoms. The van der Waals surface area contributed by atoms with E-state index in [9.17, 15) is 9.59 Å². The van der Waals surface area contributed by atoms with Crippen molar-refractivity contribution in [1.82, 2.24) is 15.0 Å². The van der Waals surface area contributed by atoms with Crippen LogP contribution >= 0.6 is 0 Å². The van der Waals surface area contributed by atoms with Crippen LogP contribution in [0.3, 0.4) is 0 Å². The van der Waals surface area contributed by atoms with E-state index in [0.717, 1.165) is 0 Å². The number of rotatable bonds is 3. The predicted molar refractivity (Wildman–Crippen MR) is 58.5 cm³/mol. The molecule has 2 aromatic rings. The number of hydrogen-bond donors (Lipinski definition) is 2. The molecule has 0 aromatic carbocycles. The van der Waals surface area contributed by atoms with Crippen molar-refractivity contribution in [2.45, 2.75) is 13.3 Å². The maximum Gasteiger partial charge on any atom is 0.323 e. The Morgan fingerprint density at radius 1 is 1.31 bits per heavy atom. The fourth-order valence-electron chi connectivity index (χ4n) is 1.53. The third kappa shape index (κ3) is 1.79. The maximum atomic E-state index is 12.0. The highest BCUT2D eigenvalue weighted by molar-refractivity contribution is 6.08. The van der Waals surface area contributed by atoms with E-state index in [-0.39, 0.29) is 11.5 Å². The zero-order valence-corrected chi connectivity index (χ0v) is 8.78. The number of aromatic nitrogens is 3. The molecule has 0 aliphatic carbocycles. The number of carbonyl (C=O) groups is 1. The first-order valence-electron chi connectivity index (χ1n) is 4.98. The van der Waals surface area contributed by atoms with Crippen LogP contribution in [-0.2, 0) is 6.42 Å². The highest BCUT2D eigenvalue weighted by atomic mass is 16.1.